The van der Waals surface area contributed by atoms with E-state index in [1.807, 2.05) is 62.4 Å². The normalized spacial score (nSPS) is 12.0. The number of nitrogens with one attached hydrogen (secondary N) is 1. The van der Waals surface area contributed by atoms with Gasteiger partial charge in [-0.15, -0.1) is 0 Å². The van der Waals surface area contributed by atoms with Crippen LogP contribution in [0.5, 0.6) is 0 Å². The lowest BCUT2D eigenvalue weighted by molar-refractivity contribution is 0.0916. The summed E-state index contributed by atoms with van der Waals surface area (Å²) in [5.74, 6) is -0.145. The van der Waals surface area contributed by atoms with E-state index in [0.29, 0.717) is 12.0 Å². The van der Waals surface area contributed by atoms with E-state index in [4.69, 9.17) is 0 Å². The van der Waals surface area contributed by atoms with Crippen molar-refractivity contribution in [2.75, 3.05) is 6.54 Å². The van der Waals surface area contributed by atoms with E-state index in [9.17, 15) is 9.90 Å². The highest BCUT2D eigenvalue weighted by Gasteiger charge is 2.10. The van der Waals surface area contributed by atoms with Gasteiger partial charge in [-0.2, -0.15) is 0 Å². The highest BCUT2D eigenvalue weighted by molar-refractivity contribution is 5.94. The summed E-state index contributed by atoms with van der Waals surface area (Å²) in [4.78, 5) is 12.1. The molecule has 3 heteroatoms. The van der Waals surface area contributed by atoms with Crippen molar-refractivity contribution in [3.63, 3.8) is 0 Å². The number of carbonyl (C=O) groups is 1. The van der Waals surface area contributed by atoms with Crippen LogP contribution in [0.2, 0.25) is 0 Å². The molecule has 0 aliphatic heterocycles. The molecular weight excluding hydrogens is 262 g/mol. The number of rotatable bonds is 5. The van der Waals surface area contributed by atoms with Crippen LogP contribution in [0.3, 0.4) is 0 Å². The first-order valence-corrected chi connectivity index (χ1v) is 7.13. The molecule has 0 aliphatic carbocycles. The summed E-state index contributed by atoms with van der Waals surface area (Å²) in [5.41, 5.74) is 3.82. The Morgan fingerprint density at radius 1 is 1.10 bits per heavy atom. The number of hydrogen-bond donors (Lipinski definition) is 2. The van der Waals surface area contributed by atoms with E-state index >= 15 is 0 Å². The summed E-state index contributed by atoms with van der Waals surface area (Å²) in [7, 11) is 0. The van der Waals surface area contributed by atoms with Crippen molar-refractivity contribution in [2.45, 2.75) is 26.4 Å². The van der Waals surface area contributed by atoms with Crippen LogP contribution in [0.4, 0.5) is 0 Å². The van der Waals surface area contributed by atoms with Crippen molar-refractivity contribution in [1.82, 2.24) is 5.32 Å². The molecule has 110 valence electrons. The lowest BCUT2D eigenvalue weighted by atomic mass is 10.1. The van der Waals surface area contributed by atoms with Gasteiger partial charge in [0.05, 0.1) is 6.10 Å². The Kier molecular flexibility index (Phi) is 5.12. The molecule has 0 saturated heterocycles. The van der Waals surface area contributed by atoms with Gasteiger partial charge in [0.15, 0.2) is 0 Å². The van der Waals surface area contributed by atoms with Crippen LogP contribution in [-0.4, -0.2) is 23.7 Å². The number of aliphatic hydroxyl groups is 1. The Morgan fingerprint density at radius 2 is 1.71 bits per heavy atom. The maximum absolute atomic E-state index is 12.1. The molecule has 21 heavy (non-hydrogen) atoms. The molecule has 0 heterocycles. The molecule has 1 amide bonds. The minimum Gasteiger partial charge on any atom is -0.391 e. The zero-order valence-corrected chi connectivity index (χ0v) is 12.5. The molecule has 2 aromatic rings. The third-order valence-corrected chi connectivity index (χ3v) is 3.30. The SMILES string of the molecule is Cc1cc(C)cc(C(=O)NCC(O)Cc2ccccc2)c1. The lowest BCUT2D eigenvalue weighted by Crippen LogP contribution is -2.33. The van der Waals surface area contributed by atoms with Crippen molar-refractivity contribution in [3.8, 4) is 0 Å². The van der Waals surface area contributed by atoms with Crippen LogP contribution in [-0.2, 0) is 6.42 Å². The smallest absolute Gasteiger partial charge is 0.251 e. The van der Waals surface area contributed by atoms with E-state index in [2.05, 4.69) is 5.32 Å². The van der Waals surface area contributed by atoms with Crippen molar-refractivity contribution in [1.29, 1.82) is 0 Å². The predicted molar refractivity (Wildman–Crippen MR) is 84.4 cm³/mol. The highest BCUT2D eigenvalue weighted by atomic mass is 16.3. The standard InChI is InChI=1S/C18H21NO2/c1-13-8-14(2)10-16(9-13)18(21)19-12-17(20)11-15-6-4-3-5-7-15/h3-10,17,20H,11-12H2,1-2H3,(H,19,21). The maximum Gasteiger partial charge on any atom is 0.251 e. The number of aryl methyl sites for hydroxylation is 2. The van der Waals surface area contributed by atoms with Crippen LogP contribution >= 0.6 is 0 Å². The molecular formula is C18H21NO2. The van der Waals surface area contributed by atoms with Crippen LogP contribution in [0.15, 0.2) is 48.5 Å². The predicted octanol–water partition coefficient (Wildman–Crippen LogP) is 2.64. The molecule has 0 spiro atoms. The average molecular weight is 283 g/mol. The zero-order valence-electron chi connectivity index (χ0n) is 12.5. The molecule has 2 rings (SSSR count). The Hall–Kier alpha value is -2.13. The lowest BCUT2D eigenvalue weighted by Gasteiger charge is -2.12. The van der Waals surface area contributed by atoms with E-state index < -0.39 is 6.10 Å². The molecule has 0 aliphatic rings. The molecule has 0 aromatic heterocycles. The fourth-order valence-electron chi connectivity index (χ4n) is 2.38. The minimum absolute atomic E-state index is 0.145. The average Bonchev–Trinajstić information content (AvgIpc) is 2.45. The van der Waals surface area contributed by atoms with Gasteiger partial charge in [-0.1, -0.05) is 47.5 Å². The molecule has 2 N–H and O–H groups in total. The second kappa shape index (κ2) is 7.04. The maximum atomic E-state index is 12.1. The molecule has 1 atom stereocenters. The first-order chi connectivity index (χ1) is 10.0. The van der Waals surface area contributed by atoms with Crippen LogP contribution < -0.4 is 5.32 Å². The number of aliphatic hydroxyl groups excluding tert-OH is 1. The van der Waals surface area contributed by atoms with Crippen molar-refractivity contribution in [3.05, 3.63) is 70.8 Å². The van der Waals surface area contributed by atoms with Gasteiger partial charge in [0.2, 0.25) is 0 Å². The first-order valence-electron chi connectivity index (χ1n) is 7.13. The zero-order chi connectivity index (χ0) is 15.2. The van der Waals surface area contributed by atoms with Crippen LogP contribution in [0.25, 0.3) is 0 Å². The monoisotopic (exact) mass is 283 g/mol. The largest absolute Gasteiger partial charge is 0.391 e. The van der Waals surface area contributed by atoms with E-state index in [1.54, 1.807) is 0 Å². The van der Waals surface area contributed by atoms with Crippen LogP contribution in [0.1, 0.15) is 27.0 Å². The van der Waals surface area contributed by atoms with Gasteiger partial charge in [-0.05, 0) is 31.5 Å². The molecule has 2 aromatic carbocycles. The van der Waals surface area contributed by atoms with Gasteiger partial charge < -0.3 is 10.4 Å². The molecule has 3 nitrogen and oxygen atoms in total. The summed E-state index contributed by atoms with van der Waals surface area (Å²) in [6.07, 6.45) is -0.0456. The van der Waals surface area contributed by atoms with Crippen molar-refractivity contribution < 1.29 is 9.90 Å². The number of carbonyl (C=O) groups excluding carboxylic acids is 1. The fraction of sp³-hybridized carbons (Fsp3) is 0.278. The van der Waals surface area contributed by atoms with Crippen molar-refractivity contribution in [2.24, 2.45) is 0 Å². The highest BCUT2D eigenvalue weighted by Crippen LogP contribution is 2.09. The summed E-state index contributed by atoms with van der Waals surface area (Å²) in [6, 6.07) is 15.5. The van der Waals surface area contributed by atoms with Gasteiger partial charge in [0.1, 0.15) is 0 Å². The van der Waals surface area contributed by atoms with Gasteiger partial charge in [0.25, 0.3) is 5.91 Å². The topological polar surface area (TPSA) is 49.3 Å². The third kappa shape index (κ3) is 4.72. The number of benzene rings is 2. The Balaban J connectivity index is 1.88. The van der Waals surface area contributed by atoms with Crippen LogP contribution in [0, 0.1) is 13.8 Å². The summed E-state index contributed by atoms with van der Waals surface area (Å²) < 4.78 is 0. The summed E-state index contributed by atoms with van der Waals surface area (Å²) >= 11 is 0. The fourth-order valence-corrected chi connectivity index (χ4v) is 2.38. The number of hydrogen-bond acceptors (Lipinski definition) is 2. The van der Waals surface area contributed by atoms with Crippen molar-refractivity contribution >= 4 is 5.91 Å². The molecule has 1 unspecified atom stereocenters. The molecule has 0 saturated carbocycles. The Morgan fingerprint density at radius 3 is 2.33 bits per heavy atom. The third-order valence-electron chi connectivity index (χ3n) is 3.30. The van der Waals surface area contributed by atoms with Gasteiger partial charge >= 0.3 is 0 Å². The quantitative estimate of drug-likeness (QED) is 0.886. The molecule has 0 radical (unpaired) electrons. The molecule has 0 bridgehead atoms. The summed E-state index contributed by atoms with van der Waals surface area (Å²) in [6.45, 7) is 4.18. The van der Waals surface area contributed by atoms with Gasteiger partial charge in [0, 0.05) is 18.5 Å². The van der Waals surface area contributed by atoms with E-state index in [0.717, 1.165) is 16.7 Å². The van der Waals surface area contributed by atoms with E-state index in [1.165, 1.54) is 0 Å². The Labute approximate surface area is 125 Å². The van der Waals surface area contributed by atoms with E-state index in [-0.39, 0.29) is 12.5 Å². The summed E-state index contributed by atoms with van der Waals surface area (Å²) in [5, 5.41) is 12.8. The molecule has 0 fully saturated rings. The minimum atomic E-state index is -0.581. The number of amides is 1. The Bertz CT molecular complexity index is 588. The first kappa shape index (κ1) is 15.3. The van der Waals surface area contributed by atoms with Gasteiger partial charge in [-0.25, -0.2) is 0 Å². The van der Waals surface area contributed by atoms with Gasteiger partial charge in [-0.3, -0.25) is 4.79 Å². The second-order valence-electron chi connectivity index (χ2n) is 5.43. The second-order valence-corrected chi connectivity index (χ2v) is 5.43.